The number of pyridine rings is 1. The Labute approximate surface area is 151 Å². The number of hydrogen-bond donors (Lipinski definition) is 2. The molecule has 0 radical (unpaired) electrons. The van der Waals surface area contributed by atoms with Gasteiger partial charge in [0.1, 0.15) is 11.6 Å². The fourth-order valence-electron chi connectivity index (χ4n) is 3.38. The highest BCUT2D eigenvalue weighted by molar-refractivity contribution is 7.73. The molecule has 1 N–H and O–H groups in total. The van der Waals surface area contributed by atoms with Gasteiger partial charge in [-0.15, -0.1) is 0 Å². The third-order valence-electron chi connectivity index (χ3n) is 4.46. The van der Waals surface area contributed by atoms with Crippen LogP contribution in [0.1, 0.15) is 5.56 Å². The van der Waals surface area contributed by atoms with Gasteiger partial charge in [-0.3, -0.25) is 9.71 Å². The van der Waals surface area contributed by atoms with Crippen LogP contribution in [0.25, 0.3) is 10.9 Å². The molecule has 134 valence electrons. The Kier molecular flexibility index (Phi) is 4.12. The monoisotopic (exact) mass is 373 g/mol. The van der Waals surface area contributed by atoms with Crippen LogP contribution < -0.4 is 14.4 Å². The summed E-state index contributed by atoms with van der Waals surface area (Å²) in [5.74, 6) is 0.246. The fourth-order valence-corrected chi connectivity index (χ4v) is 3.72. The lowest BCUT2D eigenvalue weighted by atomic mass is 10.1. The van der Waals surface area contributed by atoms with E-state index in [0.717, 1.165) is 22.2 Å². The van der Waals surface area contributed by atoms with Crippen molar-refractivity contribution in [3.8, 4) is 5.75 Å². The largest absolute Gasteiger partial charge is 0.497 e. The van der Waals surface area contributed by atoms with Gasteiger partial charge in [-0.2, -0.15) is 0 Å². The van der Waals surface area contributed by atoms with Gasteiger partial charge in [0.2, 0.25) is 10.9 Å². The summed E-state index contributed by atoms with van der Waals surface area (Å²) in [5.41, 5.74) is 3.09. The van der Waals surface area contributed by atoms with Crippen LogP contribution in [0, 0.1) is 5.82 Å². The first-order valence-electron chi connectivity index (χ1n) is 8.00. The minimum absolute atomic E-state index is 0.239. The minimum Gasteiger partial charge on any atom is -0.497 e. The first-order valence-corrected chi connectivity index (χ1v) is 9.18. The molecule has 0 spiro atoms. The molecule has 0 saturated carbocycles. The molecule has 8 heteroatoms. The molecular weight excluding hydrogens is 357 g/mol. The van der Waals surface area contributed by atoms with Crippen LogP contribution in [0.2, 0.25) is 0 Å². The van der Waals surface area contributed by atoms with Gasteiger partial charge in [0.05, 0.1) is 29.7 Å². The van der Waals surface area contributed by atoms with Crippen LogP contribution in [-0.4, -0.2) is 27.1 Å². The van der Waals surface area contributed by atoms with Crippen molar-refractivity contribution in [1.82, 2.24) is 4.98 Å². The molecular formula is C18H16FN3O3S. The van der Waals surface area contributed by atoms with Crippen molar-refractivity contribution in [2.75, 3.05) is 23.3 Å². The Morgan fingerprint density at radius 1 is 1.23 bits per heavy atom. The fraction of sp³-hybridized carbons (Fsp3) is 0.167. The molecule has 0 amide bonds. The van der Waals surface area contributed by atoms with Gasteiger partial charge in [0.15, 0.2) is 0 Å². The molecule has 1 aliphatic rings. The molecule has 26 heavy (non-hydrogen) atoms. The van der Waals surface area contributed by atoms with Crippen LogP contribution in [0.15, 0.2) is 42.6 Å². The summed E-state index contributed by atoms with van der Waals surface area (Å²) in [6, 6.07) is 10.3. The van der Waals surface area contributed by atoms with E-state index in [1.807, 2.05) is 29.2 Å². The Morgan fingerprint density at radius 3 is 2.85 bits per heavy atom. The lowest BCUT2D eigenvalue weighted by Crippen LogP contribution is -2.15. The zero-order chi connectivity index (χ0) is 18.3. The predicted octanol–water partition coefficient (Wildman–Crippen LogP) is 3.02. The molecule has 0 fully saturated rings. The third kappa shape index (κ3) is 2.82. The van der Waals surface area contributed by atoms with E-state index in [1.54, 1.807) is 19.4 Å². The van der Waals surface area contributed by atoms with Crippen molar-refractivity contribution in [3.05, 3.63) is 54.0 Å². The molecule has 4 rings (SSSR count). The number of anilines is 3. The number of hydrogen-bond acceptors (Lipinski definition) is 5. The van der Waals surface area contributed by atoms with E-state index in [2.05, 4.69) is 9.71 Å². The Morgan fingerprint density at radius 2 is 2.08 bits per heavy atom. The molecule has 0 atom stereocenters. The maximum Gasteiger partial charge on any atom is 0.222 e. The number of rotatable bonds is 4. The molecule has 0 aliphatic carbocycles. The standard InChI is InChI=1S/C18H16FN3O3S/c1-25-13-2-3-14-16(10-13)20-6-4-17(14)22-7-5-11-8-12(21-26(23)24)9-15(19)18(11)22/h2-4,6,8-10,26H,5,7H2,1H3,(H,21,23,24). The van der Waals surface area contributed by atoms with Crippen LogP contribution >= 0.6 is 0 Å². The smallest absolute Gasteiger partial charge is 0.222 e. The average Bonchev–Trinajstić information content (AvgIpc) is 3.04. The summed E-state index contributed by atoms with van der Waals surface area (Å²) in [6.07, 6.45) is 2.31. The summed E-state index contributed by atoms with van der Waals surface area (Å²) >= 11 is 0. The maximum absolute atomic E-state index is 14.7. The first-order chi connectivity index (χ1) is 12.6. The topological polar surface area (TPSA) is 71.5 Å². The van der Waals surface area contributed by atoms with Crippen LogP contribution in [0.3, 0.4) is 0 Å². The maximum atomic E-state index is 14.7. The van der Waals surface area contributed by atoms with Gasteiger partial charge in [-0.1, -0.05) is 0 Å². The van der Waals surface area contributed by atoms with Gasteiger partial charge in [-0.05, 0) is 36.2 Å². The number of benzene rings is 2. The van der Waals surface area contributed by atoms with Crippen molar-refractivity contribution in [3.63, 3.8) is 0 Å². The molecule has 6 nitrogen and oxygen atoms in total. The number of fused-ring (bicyclic) bond motifs is 2. The highest BCUT2D eigenvalue weighted by atomic mass is 32.2. The predicted molar refractivity (Wildman–Crippen MR) is 99.3 cm³/mol. The van der Waals surface area contributed by atoms with E-state index in [4.69, 9.17) is 4.74 Å². The number of methoxy groups -OCH3 is 1. The molecule has 2 heterocycles. The molecule has 2 aromatic carbocycles. The van der Waals surface area contributed by atoms with E-state index in [0.29, 0.717) is 24.4 Å². The Hall–Kier alpha value is -2.87. The third-order valence-corrected chi connectivity index (χ3v) is 4.90. The average molecular weight is 373 g/mol. The summed E-state index contributed by atoms with van der Waals surface area (Å²) in [6.45, 7) is 0.602. The highest BCUT2D eigenvalue weighted by Gasteiger charge is 2.26. The van der Waals surface area contributed by atoms with Crippen molar-refractivity contribution in [2.45, 2.75) is 6.42 Å². The quantitative estimate of drug-likeness (QED) is 0.688. The minimum atomic E-state index is -2.83. The van der Waals surface area contributed by atoms with Crippen molar-refractivity contribution < 1.29 is 17.5 Å². The first kappa shape index (κ1) is 16.6. The van der Waals surface area contributed by atoms with Gasteiger partial charge in [0, 0.05) is 30.3 Å². The van der Waals surface area contributed by atoms with Crippen molar-refractivity contribution >= 4 is 38.9 Å². The summed E-state index contributed by atoms with van der Waals surface area (Å²) in [5, 5.41) is 0.894. The summed E-state index contributed by atoms with van der Waals surface area (Å²) in [7, 11) is -1.23. The van der Waals surface area contributed by atoms with E-state index >= 15 is 0 Å². The van der Waals surface area contributed by atoms with E-state index < -0.39 is 16.7 Å². The van der Waals surface area contributed by atoms with Crippen LogP contribution in [0.4, 0.5) is 21.5 Å². The molecule has 3 aromatic rings. The molecule has 1 aliphatic heterocycles. The zero-order valence-corrected chi connectivity index (χ0v) is 14.8. The summed E-state index contributed by atoms with van der Waals surface area (Å²) in [4.78, 5) is 6.27. The van der Waals surface area contributed by atoms with E-state index in [-0.39, 0.29) is 5.69 Å². The van der Waals surface area contributed by atoms with Gasteiger partial charge in [0.25, 0.3) is 0 Å². The SMILES string of the molecule is COc1ccc2c(N3CCc4cc(N[SH](=O)=O)cc(F)c43)ccnc2c1. The molecule has 1 aromatic heterocycles. The lowest BCUT2D eigenvalue weighted by Gasteiger charge is -2.22. The summed E-state index contributed by atoms with van der Waals surface area (Å²) < 4.78 is 43.9. The number of nitrogens with one attached hydrogen (secondary N) is 1. The van der Waals surface area contributed by atoms with Gasteiger partial charge < -0.3 is 9.64 Å². The van der Waals surface area contributed by atoms with Crippen LogP contribution in [-0.2, 0) is 17.3 Å². The normalized spacial score (nSPS) is 13.3. The highest BCUT2D eigenvalue weighted by Crippen LogP contribution is 2.41. The Bertz CT molecular complexity index is 1080. The van der Waals surface area contributed by atoms with Crippen molar-refractivity contribution in [1.29, 1.82) is 0 Å². The van der Waals surface area contributed by atoms with Gasteiger partial charge >= 0.3 is 0 Å². The number of thiol groups is 1. The second-order valence-corrected chi connectivity index (χ2v) is 6.69. The lowest BCUT2D eigenvalue weighted by molar-refractivity contribution is 0.415. The second-order valence-electron chi connectivity index (χ2n) is 5.95. The van der Waals surface area contributed by atoms with Crippen LogP contribution in [0.5, 0.6) is 5.75 Å². The van der Waals surface area contributed by atoms with Gasteiger partial charge in [-0.25, -0.2) is 12.8 Å². The van der Waals surface area contributed by atoms with E-state index in [1.165, 1.54) is 6.07 Å². The zero-order valence-electron chi connectivity index (χ0n) is 13.9. The van der Waals surface area contributed by atoms with E-state index in [9.17, 15) is 12.8 Å². The Balaban J connectivity index is 1.82. The molecule has 0 bridgehead atoms. The van der Waals surface area contributed by atoms with Crippen molar-refractivity contribution in [2.24, 2.45) is 0 Å². The molecule has 0 saturated heterocycles. The molecule has 0 unspecified atom stereocenters. The number of halogens is 1. The number of nitrogens with zero attached hydrogens (tertiary/aromatic N) is 2. The second kappa shape index (κ2) is 6.45. The number of aromatic nitrogens is 1. The number of ether oxygens (including phenoxy) is 1.